The number of piperazine rings is 1. The molecule has 0 saturated carbocycles. The number of hydrogen-bond acceptors (Lipinski definition) is 10. The second-order valence-electron chi connectivity index (χ2n) is 16.6. The third kappa shape index (κ3) is 10.8. The minimum Gasteiger partial charge on any atom is -0.455 e. The summed E-state index contributed by atoms with van der Waals surface area (Å²) >= 11 is 7.28. The topological polar surface area (TPSA) is 141 Å². The first-order chi connectivity index (χ1) is 29.0. The summed E-state index contributed by atoms with van der Waals surface area (Å²) in [6, 6.07) is 22.7. The second-order valence-corrected chi connectivity index (χ2v) is 17.9. The van der Waals surface area contributed by atoms with Crippen LogP contribution in [0.5, 0.6) is 11.5 Å². The molecule has 12 nitrogen and oxygen atoms in total. The summed E-state index contributed by atoms with van der Waals surface area (Å²) in [5.74, 6) is 0.885. The zero-order valence-electron chi connectivity index (χ0n) is 34.9. The Labute approximate surface area is 361 Å². The minimum absolute atomic E-state index is 0.0414. The number of fused-ring (bicyclic) bond motifs is 1. The van der Waals surface area contributed by atoms with E-state index in [-0.39, 0.29) is 17.0 Å². The molecular formula is C46H55ClN8O4S. The van der Waals surface area contributed by atoms with Crippen LogP contribution in [0.3, 0.4) is 0 Å². The van der Waals surface area contributed by atoms with E-state index in [2.05, 4.69) is 68.0 Å². The lowest BCUT2D eigenvalue weighted by molar-refractivity contribution is -0.384. The molecule has 14 heteroatoms. The van der Waals surface area contributed by atoms with Crippen LogP contribution in [-0.2, 0) is 0 Å². The van der Waals surface area contributed by atoms with Crippen molar-refractivity contribution in [2.75, 3.05) is 63.1 Å². The third-order valence-corrected chi connectivity index (χ3v) is 12.8. The number of aromatic amines is 1. The molecule has 0 bridgehead atoms. The molecule has 1 saturated heterocycles. The predicted octanol–water partition coefficient (Wildman–Crippen LogP) is 10.2. The number of pyridine rings is 1. The SMILES string of the molecule is CCC(CCNC)CNc1ccc(SNC(=O)c2ccc(N3CCN(CC4=C(c5ccc(Cl)cc5)CC(C)(C)CC4)CC3)cc2Oc2cnc3[nH]ccc3c2)cc1[N+](=O)[O-]. The second kappa shape index (κ2) is 19.5. The van der Waals surface area contributed by atoms with Gasteiger partial charge in [0.05, 0.1) is 16.7 Å². The van der Waals surface area contributed by atoms with Gasteiger partial charge in [0.25, 0.3) is 11.6 Å². The van der Waals surface area contributed by atoms with E-state index in [0.29, 0.717) is 40.1 Å². The van der Waals surface area contributed by atoms with E-state index in [1.54, 1.807) is 24.4 Å². The molecule has 1 atom stereocenters. The Morgan fingerprint density at radius 2 is 1.87 bits per heavy atom. The number of nitrogens with zero attached hydrogens (tertiary/aromatic N) is 4. The Balaban J connectivity index is 1.05. The van der Waals surface area contributed by atoms with Crippen LogP contribution in [0.1, 0.15) is 68.8 Å². The van der Waals surface area contributed by atoms with Crippen molar-refractivity contribution in [2.24, 2.45) is 11.3 Å². The van der Waals surface area contributed by atoms with E-state index in [1.165, 1.54) is 29.2 Å². The maximum absolute atomic E-state index is 13.9. The van der Waals surface area contributed by atoms with Crippen molar-refractivity contribution in [3.63, 3.8) is 0 Å². The van der Waals surface area contributed by atoms with Gasteiger partial charge in [-0.2, -0.15) is 0 Å². The van der Waals surface area contributed by atoms with Gasteiger partial charge >= 0.3 is 0 Å². The zero-order chi connectivity index (χ0) is 42.2. The number of carbonyl (C=O) groups is 1. The van der Waals surface area contributed by atoms with E-state index in [4.69, 9.17) is 16.3 Å². The molecule has 1 aliphatic carbocycles. The van der Waals surface area contributed by atoms with Crippen LogP contribution in [0.4, 0.5) is 17.1 Å². The van der Waals surface area contributed by atoms with Crippen LogP contribution in [-0.4, -0.2) is 78.6 Å². The highest BCUT2D eigenvalue weighted by molar-refractivity contribution is 7.98. The quantitative estimate of drug-likeness (QED) is 0.0406. The summed E-state index contributed by atoms with van der Waals surface area (Å²) in [4.78, 5) is 38.6. The highest BCUT2D eigenvalue weighted by atomic mass is 35.5. The number of allylic oxidation sites excluding steroid dienone is 1. The Kier molecular flexibility index (Phi) is 14.0. The van der Waals surface area contributed by atoms with Crippen LogP contribution >= 0.6 is 23.5 Å². The van der Waals surface area contributed by atoms with Gasteiger partial charge in [-0.3, -0.25) is 24.5 Å². The zero-order valence-corrected chi connectivity index (χ0v) is 36.4. The van der Waals surface area contributed by atoms with Crippen molar-refractivity contribution in [3.05, 3.63) is 117 Å². The minimum atomic E-state index is -0.394. The number of nitro groups is 1. The van der Waals surface area contributed by atoms with Crippen LogP contribution in [0, 0.1) is 21.4 Å². The van der Waals surface area contributed by atoms with Gasteiger partial charge in [-0.25, -0.2) is 4.98 Å². The predicted molar refractivity (Wildman–Crippen MR) is 245 cm³/mol. The summed E-state index contributed by atoms with van der Waals surface area (Å²) in [5, 5.41) is 20.2. The molecule has 3 aromatic carbocycles. The smallest absolute Gasteiger partial charge is 0.293 e. The molecule has 5 aromatic rings. The molecule has 3 heterocycles. The van der Waals surface area contributed by atoms with Crippen molar-refractivity contribution in [3.8, 4) is 11.5 Å². The number of ether oxygens (including phenoxy) is 1. The number of amides is 1. The van der Waals surface area contributed by atoms with Gasteiger partial charge in [0.1, 0.15) is 22.8 Å². The van der Waals surface area contributed by atoms with Crippen LogP contribution in [0.15, 0.2) is 95.7 Å². The van der Waals surface area contributed by atoms with Gasteiger partial charge in [-0.05, 0) is 122 Å². The van der Waals surface area contributed by atoms with Gasteiger partial charge in [0.2, 0.25) is 0 Å². The number of anilines is 2. The highest BCUT2D eigenvalue weighted by Gasteiger charge is 2.30. The lowest BCUT2D eigenvalue weighted by Gasteiger charge is -2.39. The van der Waals surface area contributed by atoms with Crippen molar-refractivity contribution < 1.29 is 14.5 Å². The molecule has 316 valence electrons. The Morgan fingerprint density at radius 3 is 2.62 bits per heavy atom. The number of aromatic nitrogens is 2. The first-order valence-corrected chi connectivity index (χ1v) is 22.0. The summed E-state index contributed by atoms with van der Waals surface area (Å²) in [5.41, 5.74) is 6.95. The largest absolute Gasteiger partial charge is 0.455 e. The molecule has 7 rings (SSSR count). The van der Waals surface area contributed by atoms with Crippen molar-refractivity contribution in [1.82, 2.24) is 24.9 Å². The molecule has 60 heavy (non-hydrogen) atoms. The van der Waals surface area contributed by atoms with Gasteiger partial charge in [0, 0.05) is 78.6 Å². The fraction of sp³-hybridized carbons (Fsp3) is 0.391. The molecule has 1 amide bonds. The number of nitro benzene ring substituents is 1. The fourth-order valence-corrected chi connectivity index (χ4v) is 8.82. The van der Waals surface area contributed by atoms with Crippen molar-refractivity contribution in [2.45, 2.75) is 57.8 Å². The van der Waals surface area contributed by atoms with Crippen LogP contribution in [0.25, 0.3) is 16.6 Å². The van der Waals surface area contributed by atoms with E-state index >= 15 is 0 Å². The van der Waals surface area contributed by atoms with Gasteiger partial charge < -0.3 is 25.3 Å². The lowest BCUT2D eigenvalue weighted by Crippen LogP contribution is -2.47. The Morgan fingerprint density at radius 1 is 1.07 bits per heavy atom. The first-order valence-electron chi connectivity index (χ1n) is 20.8. The molecule has 0 radical (unpaired) electrons. The molecule has 1 fully saturated rings. The van der Waals surface area contributed by atoms with E-state index in [0.717, 1.165) is 98.6 Å². The number of nitrogens with one attached hydrogen (secondary N) is 4. The highest BCUT2D eigenvalue weighted by Crippen LogP contribution is 2.43. The number of H-pyrrole nitrogens is 1. The average molecular weight is 852 g/mol. The first kappa shape index (κ1) is 43.0. The summed E-state index contributed by atoms with van der Waals surface area (Å²) in [6.07, 6.45) is 8.71. The maximum Gasteiger partial charge on any atom is 0.293 e. The van der Waals surface area contributed by atoms with Crippen LogP contribution in [0.2, 0.25) is 5.02 Å². The summed E-state index contributed by atoms with van der Waals surface area (Å²) in [7, 11) is 1.92. The molecular weight excluding hydrogens is 796 g/mol. The summed E-state index contributed by atoms with van der Waals surface area (Å²) in [6.45, 7) is 12.8. The van der Waals surface area contributed by atoms with Crippen molar-refractivity contribution in [1.29, 1.82) is 0 Å². The number of halogens is 1. The van der Waals surface area contributed by atoms with E-state index in [9.17, 15) is 14.9 Å². The van der Waals surface area contributed by atoms with Gasteiger partial charge in [-0.15, -0.1) is 0 Å². The molecule has 0 spiro atoms. The molecule has 1 unspecified atom stereocenters. The monoisotopic (exact) mass is 850 g/mol. The standard InChI is InChI=1S/C46H55ClN8O4S/c1-5-31(15-18-48-4)28-50-41-13-11-38(26-42(41)55(57)58)60-52-45(56)39-12-10-36(25-43(39)59-37-24-33-16-19-49-44(33)51-29-37)54-22-20-53(21-23-54)30-34-14-17-46(2,3)27-40(34)32-6-8-35(47)9-7-32/h6-13,16,19,24-26,29,31,48,50H,5,14-15,17-18,20-23,27-28,30H2,1-4H3,(H,49,51)(H,52,56). The average Bonchev–Trinajstić information content (AvgIpc) is 3.72. The summed E-state index contributed by atoms with van der Waals surface area (Å²) < 4.78 is 9.34. The number of carbonyl (C=O) groups excluding carboxylic acids is 1. The van der Waals surface area contributed by atoms with Gasteiger partial charge in [0.15, 0.2) is 0 Å². The lowest BCUT2D eigenvalue weighted by atomic mass is 9.72. The Hall–Kier alpha value is -5.08. The number of hydrogen-bond donors (Lipinski definition) is 4. The molecule has 2 aromatic heterocycles. The number of rotatable bonds is 17. The maximum atomic E-state index is 13.9. The van der Waals surface area contributed by atoms with Crippen molar-refractivity contribution >= 4 is 63.1 Å². The third-order valence-electron chi connectivity index (χ3n) is 11.7. The van der Waals surface area contributed by atoms with Crippen LogP contribution < -0.4 is 25.0 Å². The molecule has 4 N–H and O–H groups in total. The normalized spacial score (nSPS) is 16.2. The molecule has 1 aliphatic heterocycles. The van der Waals surface area contributed by atoms with E-state index in [1.807, 2.05) is 49.6 Å². The number of benzene rings is 3. The fourth-order valence-electron chi connectivity index (χ4n) is 8.07. The molecule has 2 aliphatic rings. The van der Waals surface area contributed by atoms with E-state index < -0.39 is 4.92 Å². The van der Waals surface area contributed by atoms with Gasteiger partial charge in [-0.1, -0.05) is 56.5 Å². The Bertz CT molecular complexity index is 2320.